The SMILES string of the molecule is Cl.Cl.c1ccc2c(c1)CCN2CCC1CCNCC1. The van der Waals surface area contributed by atoms with Crippen molar-refractivity contribution >= 4 is 30.5 Å². The van der Waals surface area contributed by atoms with Gasteiger partial charge in [-0.1, -0.05) is 18.2 Å². The molecule has 0 radical (unpaired) electrons. The molecule has 0 aromatic heterocycles. The van der Waals surface area contributed by atoms with E-state index in [0.29, 0.717) is 0 Å². The summed E-state index contributed by atoms with van der Waals surface area (Å²) in [4.78, 5) is 2.58. The molecule has 2 aliphatic rings. The van der Waals surface area contributed by atoms with Crippen LogP contribution in [0.15, 0.2) is 24.3 Å². The Morgan fingerprint density at radius 1 is 1.11 bits per heavy atom. The maximum Gasteiger partial charge on any atom is 0.0399 e. The highest BCUT2D eigenvalue weighted by atomic mass is 35.5. The second-order valence-corrected chi connectivity index (χ2v) is 5.35. The normalized spacial score (nSPS) is 18.4. The summed E-state index contributed by atoms with van der Waals surface area (Å²) in [6, 6.07) is 8.89. The van der Waals surface area contributed by atoms with Crippen LogP contribution in [0.2, 0.25) is 0 Å². The van der Waals surface area contributed by atoms with Gasteiger partial charge in [0.15, 0.2) is 0 Å². The van der Waals surface area contributed by atoms with Crippen LogP contribution in [0.25, 0.3) is 0 Å². The fourth-order valence-electron chi connectivity index (χ4n) is 3.15. The number of anilines is 1. The minimum atomic E-state index is 0. The second-order valence-electron chi connectivity index (χ2n) is 5.35. The Bertz CT molecular complexity index is 378. The number of halogens is 2. The summed E-state index contributed by atoms with van der Waals surface area (Å²) in [6.45, 7) is 4.93. The lowest BCUT2D eigenvalue weighted by molar-refractivity contribution is 0.355. The van der Waals surface area contributed by atoms with Crippen molar-refractivity contribution in [3.63, 3.8) is 0 Å². The maximum absolute atomic E-state index is 3.44. The van der Waals surface area contributed by atoms with Gasteiger partial charge in [-0.2, -0.15) is 0 Å². The molecule has 1 fully saturated rings. The van der Waals surface area contributed by atoms with Crippen LogP contribution >= 0.6 is 24.8 Å². The van der Waals surface area contributed by atoms with Crippen LogP contribution in [-0.4, -0.2) is 26.2 Å². The number of nitrogens with one attached hydrogen (secondary N) is 1. The van der Waals surface area contributed by atoms with E-state index in [1.807, 2.05) is 0 Å². The smallest absolute Gasteiger partial charge is 0.0399 e. The summed E-state index contributed by atoms with van der Waals surface area (Å²) in [5.41, 5.74) is 3.03. The van der Waals surface area contributed by atoms with E-state index in [-0.39, 0.29) is 24.8 Å². The Morgan fingerprint density at radius 2 is 1.84 bits per heavy atom. The molecule has 2 nitrogen and oxygen atoms in total. The average Bonchev–Trinajstić information content (AvgIpc) is 2.81. The van der Waals surface area contributed by atoms with Crippen LogP contribution in [0.4, 0.5) is 5.69 Å². The van der Waals surface area contributed by atoms with Gasteiger partial charge in [0.25, 0.3) is 0 Å². The molecule has 0 atom stereocenters. The highest BCUT2D eigenvalue weighted by Crippen LogP contribution is 2.28. The molecule has 0 saturated carbocycles. The van der Waals surface area contributed by atoms with E-state index in [2.05, 4.69) is 34.5 Å². The Balaban J connectivity index is 0.000000902. The van der Waals surface area contributed by atoms with Gasteiger partial charge >= 0.3 is 0 Å². The van der Waals surface area contributed by atoms with Gasteiger partial charge < -0.3 is 10.2 Å². The monoisotopic (exact) mass is 302 g/mol. The van der Waals surface area contributed by atoms with Crippen molar-refractivity contribution in [1.29, 1.82) is 0 Å². The largest absolute Gasteiger partial charge is 0.371 e. The van der Waals surface area contributed by atoms with Gasteiger partial charge in [-0.15, -0.1) is 24.8 Å². The predicted molar refractivity (Wildman–Crippen MR) is 87.1 cm³/mol. The first-order valence-corrected chi connectivity index (χ1v) is 6.97. The molecule has 0 aliphatic carbocycles. The fourth-order valence-corrected chi connectivity index (χ4v) is 3.15. The molecule has 2 aliphatic heterocycles. The van der Waals surface area contributed by atoms with Gasteiger partial charge in [0.2, 0.25) is 0 Å². The molecule has 0 bridgehead atoms. The number of para-hydroxylation sites is 1. The van der Waals surface area contributed by atoms with E-state index in [9.17, 15) is 0 Å². The van der Waals surface area contributed by atoms with Crippen LogP contribution in [-0.2, 0) is 6.42 Å². The van der Waals surface area contributed by atoms with Crippen molar-refractivity contribution in [2.24, 2.45) is 5.92 Å². The number of rotatable bonds is 3. The lowest BCUT2D eigenvalue weighted by Crippen LogP contribution is -2.30. The number of piperidine rings is 1. The Kier molecular flexibility index (Phi) is 6.98. The molecule has 0 amide bonds. The molecular weight excluding hydrogens is 279 g/mol. The molecule has 0 unspecified atom stereocenters. The van der Waals surface area contributed by atoms with Gasteiger partial charge in [0, 0.05) is 18.8 Å². The van der Waals surface area contributed by atoms with Gasteiger partial charge in [0.05, 0.1) is 0 Å². The first kappa shape index (κ1) is 16.6. The summed E-state index contributed by atoms with van der Waals surface area (Å²) >= 11 is 0. The van der Waals surface area contributed by atoms with Crippen molar-refractivity contribution in [3.05, 3.63) is 29.8 Å². The zero-order chi connectivity index (χ0) is 11.5. The summed E-state index contributed by atoms with van der Waals surface area (Å²) in [7, 11) is 0. The second kappa shape index (κ2) is 7.98. The third kappa shape index (κ3) is 4.01. The first-order chi connectivity index (χ1) is 8.43. The minimum absolute atomic E-state index is 0. The van der Waals surface area contributed by atoms with Crippen molar-refractivity contribution in [1.82, 2.24) is 5.32 Å². The van der Waals surface area contributed by atoms with E-state index in [4.69, 9.17) is 0 Å². The van der Waals surface area contributed by atoms with E-state index < -0.39 is 0 Å². The van der Waals surface area contributed by atoms with Gasteiger partial charge in [-0.3, -0.25) is 0 Å². The minimum Gasteiger partial charge on any atom is -0.371 e. The number of fused-ring (bicyclic) bond motifs is 1. The lowest BCUT2D eigenvalue weighted by Gasteiger charge is -2.26. The quantitative estimate of drug-likeness (QED) is 0.922. The Morgan fingerprint density at radius 3 is 2.63 bits per heavy atom. The van der Waals surface area contributed by atoms with Crippen molar-refractivity contribution in [2.75, 3.05) is 31.1 Å². The topological polar surface area (TPSA) is 15.3 Å². The summed E-state index contributed by atoms with van der Waals surface area (Å²) < 4.78 is 0. The average molecular weight is 303 g/mol. The molecule has 19 heavy (non-hydrogen) atoms. The highest BCUT2D eigenvalue weighted by molar-refractivity contribution is 5.85. The maximum atomic E-state index is 3.44. The first-order valence-electron chi connectivity index (χ1n) is 6.97. The number of nitrogens with zero attached hydrogens (tertiary/aromatic N) is 1. The van der Waals surface area contributed by atoms with Crippen LogP contribution in [0, 0.1) is 5.92 Å². The zero-order valence-corrected chi connectivity index (χ0v) is 12.9. The Hall–Kier alpha value is -0.440. The summed E-state index contributed by atoms with van der Waals surface area (Å²) in [5.74, 6) is 0.948. The van der Waals surface area contributed by atoms with Crippen molar-refractivity contribution in [3.8, 4) is 0 Å². The number of benzene rings is 1. The number of hydrogen-bond donors (Lipinski definition) is 1. The predicted octanol–water partition coefficient (Wildman–Crippen LogP) is 3.28. The van der Waals surface area contributed by atoms with Gasteiger partial charge in [-0.05, 0) is 56.3 Å². The molecule has 2 heterocycles. The van der Waals surface area contributed by atoms with Crippen molar-refractivity contribution < 1.29 is 0 Å². The van der Waals surface area contributed by atoms with Crippen LogP contribution in [0.1, 0.15) is 24.8 Å². The van der Waals surface area contributed by atoms with Crippen LogP contribution in [0.5, 0.6) is 0 Å². The van der Waals surface area contributed by atoms with Gasteiger partial charge in [-0.25, -0.2) is 0 Å². The standard InChI is InChI=1S/C15H22N2.2ClH/c1-2-4-15-14(3-1)8-12-17(15)11-7-13-5-9-16-10-6-13;;/h1-4,13,16H,5-12H2;2*1H. The van der Waals surface area contributed by atoms with Crippen molar-refractivity contribution in [2.45, 2.75) is 25.7 Å². The molecular formula is C15H24Cl2N2. The molecule has 1 N–H and O–H groups in total. The van der Waals surface area contributed by atoms with E-state index in [0.717, 1.165) is 5.92 Å². The molecule has 1 saturated heterocycles. The van der Waals surface area contributed by atoms with E-state index in [1.165, 1.54) is 63.1 Å². The lowest BCUT2D eigenvalue weighted by atomic mass is 9.94. The molecule has 1 aromatic rings. The summed E-state index contributed by atoms with van der Waals surface area (Å²) in [6.07, 6.45) is 5.35. The fraction of sp³-hybridized carbons (Fsp3) is 0.600. The third-order valence-electron chi connectivity index (χ3n) is 4.25. The summed E-state index contributed by atoms with van der Waals surface area (Å²) in [5, 5.41) is 3.44. The van der Waals surface area contributed by atoms with Crippen LogP contribution in [0.3, 0.4) is 0 Å². The molecule has 4 heteroatoms. The van der Waals surface area contributed by atoms with E-state index >= 15 is 0 Å². The molecule has 1 aromatic carbocycles. The van der Waals surface area contributed by atoms with Crippen LogP contribution < -0.4 is 10.2 Å². The van der Waals surface area contributed by atoms with Gasteiger partial charge in [0.1, 0.15) is 0 Å². The molecule has 3 rings (SSSR count). The van der Waals surface area contributed by atoms with E-state index in [1.54, 1.807) is 0 Å². The highest BCUT2D eigenvalue weighted by Gasteiger charge is 2.20. The zero-order valence-electron chi connectivity index (χ0n) is 11.3. The molecule has 108 valence electrons. The molecule has 0 spiro atoms. The third-order valence-corrected chi connectivity index (χ3v) is 4.25. The number of hydrogen-bond acceptors (Lipinski definition) is 2. The Labute approximate surface area is 128 Å².